The average Bonchev–Trinajstić information content (AvgIpc) is 3.45. The highest BCUT2D eigenvalue weighted by Crippen LogP contribution is 2.46. The number of ether oxygens (including phenoxy) is 1. The van der Waals surface area contributed by atoms with Gasteiger partial charge in [0.25, 0.3) is 0 Å². The second-order valence-corrected chi connectivity index (χ2v) is 8.30. The van der Waals surface area contributed by atoms with E-state index in [0.29, 0.717) is 28.5 Å². The van der Waals surface area contributed by atoms with Gasteiger partial charge in [0, 0.05) is 17.8 Å². The minimum atomic E-state index is -0.495. The lowest BCUT2D eigenvalue weighted by atomic mass is 10.0. The molecule has 1 amide bonds. The molecular weight excluding hydrogens is 455 g/mol. The van der Waals surface area contributed by atoms with Crippen LogP contribution in [0.15, 0.2) is 34.9 Å². The third-order valence-corrected chi connectivity index (χ3v) is 5.90. The van der Waals surface area contributed by atoms with E-state index in [-0.39, 0.29) is 23.3 Å². The summed E-state index contributed by atoms with van der Waals surface area (Å²) in [6.07, 6.45) is 3.39. The van der Waals surface area contributed by atoms with Gasteiger partial charge in [-0.25, -0.2) is 4.98 Å². The van der Waals surface area contributed by atoms with E-state index in [0.717, 1.165) is 18.4 Å². The molecule has 0 spiro atoms. The molecule has 1 unspecified atom stereocenters. The van der Waals surface area contributed by atoms with E-state index < -0.39 is 6.04 Å². The van der Waals surface area contributed by atoms with E-state index >= 15 is 0 Å². The molecule has 4 rings (SSSR count). The highest BCUT2D eigenvalue weighted by atomic mass is 79.9. The monoisotopic (exact) mass is 470 g/mol. The summed E-state index contributed by atoms with van der Waals surface area (Å²) >= 11 is 15.4. The zero-order valence-electron chi connectivity index (χ0n) is 14.3. The van der Waals surface area contributed by atoms with Gasteiger partial charge in [-0.2, -0.15) is 4.98 Å². The molecule has 142 valence electrons. The summed E-state index contributed by atoms with van der Waals surface area (Å²) in [5, 5.41) is 4.03. The van der Waals surface area contributed by atoms with Crippen LogP contribution in [0, 0.1) is 0 Å². The Bertz CT molecular complexity index is 861. The van der Waals surface area contributed by atoms with Gasteiger partial charge >= 0.3 is 0 Å². The summed E-state index contributed by atoms with van der Waals surface area (Å²) < 4.78 is 6.26. The Balaban J connectivity index is 1.56. The quantitative estimate of drug-likeness (QED) is 0.690. The SMILES string of the molecule is O=C(NC1(c2ccc(Cl)cc2)CC1)C1COCCN1c1nc(Cl)ncc1Br. The topological polar surface area (TPSA) is 67.3 Å². The lowest BCUT2D eigenvalue weighted by Gasteiger charge is -2.36. The van der Waals surface area contributed by atoms with E-state index in [9.17, 15) is 4.79 Å². The summed E-state index contributed by atoms with van der Waals surface area (Å²) in [6.45, 7) is 1.34. The number of morpholine rings is 1. The molecule has 27 heavy (non-hydrogen) atoms. The van der Waals surface area contributed by atoms with Crippen molar-refractivity contribution in [2.24, 2.45) is 0 Å². The molecule has 0 bridgehead atoms. The maximum atomic E-state index is 13.1. The normalized spacial score (nSPS) is 21.0. The van der Waals surface area contributed by atoms with Crippen LogP contribution in [0.25, 0.3) is 0 Å². The van der Waals surface area contributed by atoms with Gasteiger partial charge in [0.05, 0.1) is 23.2 Å². The van der Waals surface area contributed by atoms with Gasteiger partial charge in [0.2, 0.25) is 11.2 Å². The molecule has 1 saturated carbocycles. The third kappa shape index (κ3) is 3.92. The Kier molecular flexibility index (Phi) is 5.29. The molecule has 2 aliphatic rings. The lowest BCUT2D eigenvalue weighted by molar-refractivity contribution is -0.125. The molecule has 6 nitrogen and oxygen atoms in total. The zero-order chi connectivity index (χ0) is 19.0. The van der Waals surface area contributed by atoms with Crippen LogP contribution in [0.1, 0.15) is 18.4 Å². The first-order chi connectivity index (χ1) is 13.0. The van der Waals surface area contributed by atoms with Crippen LogP contribution in [0.5, 0.6) is 0 Å². The largest absolute Gasteiger partial charge is 0.377 e. The van der Waals surface area contributed by atoms with Gasteiger partial charge < -0.3 is 15.0 Å². The zero-order valence-corrected chi connectivity index (χ0v) is 17.4. The van der Waals surface area contributed by atoms with E-state index in [2.05, 4.69) is 31.2 Å². The Morgan fingerprint density at radius 1 is 1.30 bits per heavy atom. The van der Waals surface area contributed by atoms with Crippen molar-refractivity contribution in [2.45, 2.75) is 24.4 Å². The van der Waals surface area contributed by atoms with Crippen molar-refractivity contribution >= 4 is 50.9 Å². The smallest absolute Gasteiger partial charge is 0.245 e. The van der Waals surface area contributed by atoms with Crippen LogP contribution >= 0.6 is 39.1 Å². The third-order valence-electron chi connectivity index (χ3n) is 4.91. The fourth-order valence-electron chi connectivity index (χ4n) is 3.31. The molecule has 1 saturated heterocycles. The number of carbonyl (C=O) groups is 1. The molecule has 2 aromatic rings. The number of halogens is 3. The van der Waals surface area contributed by atoms with Crippen LogP contribution < -0.4 is 10.2 Å². The van der Waals surface area contributed by atoms with Gasteiger partial charge in [0.1, 0.15) is 11.9 Å². The molecule has 1 aromatic heterocycles. The van der Waals surface area contributed by atoms with Crippen molar-refractivity contribution in [1.29, 1.82) is 0 Å². The first-order valence-corrected chi connectivity index (χ1v) is 10.1. The van der Waals surface area contributed by atoms with Gasteiger partial charge in [-0.3, -0.25) is 4.79 Å². The Morgan fingerprint density at radius 3 is 2.74 bits per heavy atom. The van der Waals surface area contributed by atoms with Gasteiger partial charge in [-0.05, 0) is 58.1 Å². The first-order valence-electron chi connectivity index (χ1n) is 8.59. The van der Waals surface area contributed by atoms with E-state index in [1.165, 1.54) is 0 Å². The number of hydrogen-bond donors (Lipinski definition) is 1. The van der Waals surface area contributed by atoms with Crippen molar-refractivity contribution < 1.29 is 9.53 Å². The molecule has 1 atom stereocenters. The van der Waals surface area contributed by atoms with Crippen molar-refractivity contribution in [3.8, 4) is 0 Å². The highest BCUT2D eigenvalue weighted by Gasteiger charge is 2.47. The van der Waals surface area contributed by atoms with E-state index in [1.54, 1.807) is 6.20 Å². The fraction of sp³-hybridized carbons (Fsp3) is 0.389. The summed E-state index contributed by atoms with van der Waals surface area (Å²) in [5.74, 6) is 0.499. The number of benzene rings is 1. The molecule has 1 aromatic carbocycles. The van der Waals surface area contributed by atoms with Crippen LogP contribution in [0.2, 0.25) is 10.3 Å². The average molecular weight is 472 g/mol. The van der Waals surface area contributed by atoms with Gasteiger partial charge in [-0.1, -0.05) is 23.7 Å². The summed E-state index contributed by atoms with van der Waals surface area (Å²) in [7, 11) is 0. The maximum Gasteiger partial charge on any atom is 0.245 e. The number of nitrogens with one attached hydrogen (secondary N) is 1. The van der Waals surface area contributed by atoms with Crippen LogP contribution in [0.4, 0.5) is 5.82 Å². The molecule has 2 heterocycles. The predicted octanol–water partition coefficient (Wildman–Crippen LogP) is 3.56. The molecular formula is C18H17BrCl2N4O2. The summed E-state index contributed by atoms with van der Waals surface area (Å²) in [6, 6.07) is 7.13. The van der Waals surface area contributed by atoms with Crippen molar-refractivity contribution in [2.75, 3.05) is 24.7 Å². The van der Waals surface area contributed by atoms with Crippen LogP contribution in [-0.2, 0) is 15.1 Å². The maximum absolute atomic E-state index is 13.1. The fourth-order valence-corrected chi connectivity index (χ4v) is 3.99. The Labute approximate surface area is 175 Å². The van der Waals surface area contributed by atoms with Gasteiger partial charge in [0.15, 0.2) is 0 Å². The number of amides is 1. The summed E-state index contributed by atoms with van der Waals surface area (Å²) in [5.41, 5.74) is 0.737. The standard InChI is InChI=1S/C18H17BrCl2N4O2/c19-13-9-22-17(21)23-15(13)25-7-8-27-10-14(25)16(26)24-18(5-6-18)11-1-3-12(20)4-2-11/h1-4,9,14H,5-8,10H2,(H,24,26). The van der Waals surface area contributed by atoms with Gasteiger partial charge in [-0.15, -0.1) is 0 Å². The molecule has 9 heteroatoms. The van der Waals surface area contributed by atoms with Crippen LogP contribution in [0.3, 0.4) is 0 Å². The molecule has 2 fully saturated rings. The molecule has 1 N–H and O–H groups in total. The molecule has 1 aliphatic heterocycles. The van der Waals surface area contributed by atoms with Crippen molar-refractivity contribution in [3.63, 3.8) is 0 Å². The van der Waals surface area contributed by atoms with E-state index in [4.69, 9.17) is 27.9 Å². The van der Waals surface area contributed by atoms with Crippen LogP contribution in [-0.4, -0.2) is 41.7 Å². The number of aromatic nitrogens is 2. The van der Waals surface area contributed by atoms with E-state index in [1.807, 2.05) is 29.2 Å². The first kappa shape index (κ1) is 18.9. The minimum Gasteiger partial charge on any atom is -0.377 e. The minimum absolute atomic E-state index is 0.0937. The Morgan fingerprint density at radius 2 is 2.04 bits per heavy atom. The second-order valence-electron chi connectivity index (χ2n) is 6.67. The molecule has 0 radical (unpaired) electrons. The number of anilines is 1. The van der Waals surface area contributed by atoms with Crippen molar-refractivity contribution in [3.05, 3.63) is 50.8 Å². The van der Waals surface area contributed by atoms with Crippen molar-refractivity contribution in [1.82, 2.24) is 15.3 Å². The summed E-state index contributed by atoms with van der Waals surface area (Å²) in [4.78, 5) is 23.3. The highest BCUT2D eigenvalue weighted by molar-refractivity contribution is 9.10. The Hall–Kier alpha value is -1.41. The number of nitrogens with zero attached hydrogens (tertiary/aromatic N) is 3. The number of rotatable bonds is 4. The number of carbonyl (C=O) groups excluding carboxylic acids is 1. The predicted molar refractivity (Wildman–Crippen MR) is 107 cm³/mol. The molecule has 1 aliphatic carbocycles. The lowest BCUT2D eigenvalue weighted by Crippen LogP contribution is -2.56. The number of hydrogen-bond acceptors (Lipinski definition) is 5. The second kappa shape index (κ2) is 7.54.